The van der Waals surface area contributed by atoms with E-state index in [4.69, 9.17) is 0 Å². The maximum absolute atomic E-state index is 12.1. The number of nitrogens with one attached hydrogen (secondary N) is 2. The molecule has 0 aliphatic rings. The van der Waals surface area contributed by atoms with E-state index in [1.54, 1.807) is 0 Å². The topological polar surface area (TPSA) is 48.6 Å². The first-order valence-electron chi connectivity index (χ1n) is 5.36. The van der Waals surface area contributed by atoms with Gasteiger partial charge in [0, 0.05) is 11.4 Å². The fourth-order valence-corrected chi connectivity index (χ4v) is 1.71. The standard InChI is InChI=1S/C13H16N2O/c1-7-5-11(14-9(7)3)13(16)12-6-8(2)10(4)15-12/h5-6,14-15H,1-4H3. The van der Waals surface area contributed by atoms with Crippen molar-refractivity contribution in [2.75, 3.05) is 0 Å². The van der Waals surface area contributed by atoms with E-state index >= 15 is 0 Å². The molecular formula is C13H16N2O. The summed E-state index contributed by atoms with van der Waals surface area (Å²) in [4.78, 5) is 18.3. The molecule has 0 saturated carbocycles. The van der Waals surface area contributed by atoms with E-state index in [1.165, 1.54) is 0 Å². The summed E-state index contributed by atoms with van der Waals surface area (Å²) in [5.74, 6) is 0.0207. The molecule has 0 aliphatic heterocycles. The van der Waals surface area contributed by atoms with Gasteiger partial charge >= 0.3 is 0 Å². The lowest BCUT2D eigenvalue weighted by Gasteiger charge is -1.93. The average Bonchev–Trinajstić information content (AvgIpc) is 2.72. The molecule has 0 amide bonds. The van der Waals surface area contributed by atoms with Crippen LogP contribution in [-0.4, -0.2) is 15.8 Å². The molecule has 3 nitrogen and oxygen atoms in total. The zero-order valence-electron chi connectivity index (χ0n) is 10.1. The van der Waals surface area contributed by atoms with Crippen LogP contribution in [0.5, 0.6) is 0 Å². The molecule has 0 aliphatic carbocycles. The fraction of sp³-hybridized carbons (Fsp3) is 0.308. The minimum Gasteiger partial charge on any atom is -0.356 e. The first kappa shape index (κ1) is 10.7. The summed E-state index contributed by atoms with van der Waals surface area (Å²) >= 11 is 0. The summed E-state index contributed by atoms with van der Waals surface area (Å²) in [7, 11) is 0. The predicted molar refractivity (Wildman–Crippen MR) is 64.0 cm³/mol. The summed E-state index contributed by atoms with van der Waals surface area (Å²) in [5, 5.41) is 0. The van der Waals surface area contributed by atoms with Crippen molar-refractivity contribution in [3.63, 3.8) is 0 Å². The molecule has 2 heterocycles. The number of aromatic amines is 2. The lowest BCUT2D eigenvalue weighted by molar-refractivity contribution is 0.103. The quantitative estimate of drug-likeness (QED) is 0.745. The van der Waals surface area contributed by atoms with Gasteiger partial charge in [0.15, 0.2) is 0 Å². The minimum absolute atomic E-state index is 0.0207. The molecule has 3 heteroatoms. The van der Waals surface area contributed by atoms with Crippen molar-refractivity contribution >= 4 is 5.78 Å². The maximum atomic E-state index is 12.1. The van der Waals surface area contributed by atoms with Crippen molar-refractivity contribution in [3.8, 4) is 0 Å². The van der Waals surface area contributed by atoms with Gasteiger partial charge < -0.3 is 9.97 Å². The lowest BCUT2D eigenvalue weighted by atomic mass is 10.2. The molecule has 2 rings (SSSR count). The van der Waals surface area contributed by atoms with Crippen LogP contribution < -0.4 is 0 Å². The normalized spacial score (nSPS) is 10.8. The van der Waals surface area contributed by atoms with Crippen molar-refractivity contribution in [3.05, 3.63) is 46.0 Å². The number of rotatable bonds is 2. The van der Waals surface area contributed by atoms with E-state index in [0.29, 0.717) is 11.4 Å². The molecule has 0 bridgehead atoms. The van der Waals surface area contributed by atoms with Crippen molar-refractivity contribution < 1.29 is 4.79 Å². The van der Waals surface area contributed by atoms with Crippen molar-refractivity contribution in [1.82, 2.24) is 9.97 Å². The van der Waals surface area contributed by atoms with E-state index in [0.717, 1.165) is 22.5 Å². The third-order valence-electron chi connectivity index (χ3n) is 3.04. The lowest BCUT2D eigenvalue weighted by Crippen LogP contribution is -2.02. The van der Waals surface area contributed by atoms with Crippen LogP contribution in [0.4, 0.5) is 0 Å². The Kier molecular flexibility index (Phi) is 2.46. The molecule has 84 valence electrons. The first-order valence-corrected chi connectivity index (χ1v) is 5.36. The van der Waals surface area contributed by atoms with Gasteiger partial charge in [-0.15, -0.1) is 0 Å². The third kappa shape index (κ3) is 1.69. The van der Waals surface area contributed by atoms with Gasteiger partial charge in [-0.1, -0.05) is 0 Å². The van der Waals surface area contributed by atoms with Gasteiger partial charge in [0.25, 0.3) is 0 Å². The monoisotopic (exact) mass is 216 g/mol. The van der Waals surface area contributed by atoms with Gasteiger partial charge in [-0.25, -0.2) is 0 Å². The highest BCUT2D eigenvalue weighted by Crippen LogP contribution is 2.15. The molecule has 0 aromatic carbocycles. The Morgan fingerprint density at radius 2 is 1.25 bits per heavy atom. The number of carbonyl (C=O) groups is 1. The highest BCUT2D eigenvalue weighted by Gasteiger charge is 2.14. The average molecular weight is 216 g/mol. The Labute approximate surface area is 94.9 Å². The van der Waals surface area contributed by atoms with Gasteiger partial charge in [0.05, 0.1) is 11.4 Å². The largest absolute Gasteiger partial charge is 0.356 e. The number of ketones is 1. The number of aryl methyl sites for hydroxylation is 4. The Balaban J connectivity index is 2.38. The predicted octanol–water partition coefficient (Wildman–Crippen LogP) is 2.81. The Bertz CT molecular complexity index is 459. The van der Waals surface area contributed by atoms with Crippen LogP contribution in [-0.2, 0) is 0 Å². The molecule has 0 atom stereocenters. The van der Waals surface area contributed by atoms with Gasteiger partial charge in [0.2, 0.25) is 5.78 Å². The van der Waals surface area contributed by atoms with Crippen LogP contribution in [0.1, 0.15) is 38.7 Å². The van der Waals surface area contributed by atoms with Crippen LogP contribution in [0.25, 0.3) is 0 Å². The third-order valence-corrected chi connectivity index (χ3v) is 3.04. The van der Waals surface area contributed by atoms with Crippen molar-refractivity contribution in [1.29, 1.82) is 0 Å². The van der Waals surface area contributed by atoms with Crippen molar-refractivity contribution in [2.24, 2.45) is 0 Å². The van der Waals surface area contributed by atoms with Gasteiger partial charge in [0.1, 0.15) is 0 Å². The zero-order valence-corrected chi connectivity index (χ0v) is 10.1. The van der Waals surface area contributed by atoms with E-state index in [9.17, 15) is 4.79 Å². The Morgan fingerprint density at radius 3 is 1.50 bits per heavy atom. The molecule has 2 aromatic rings. The second kappa shape index (κ2) is 3.67. The second-order valence-corrected chi connectivity index (χ2v) is 4.31. The van der Waals surface area contributed by atoms with Gasteiger partial charge in [-0.3, -0.25) is 4.79 Å². The van der Waals surface area contributed by atoms with Crippen LogP contribution >= 0.6 is 0 Å². The van der Waals surface area contributed by atoms with Gasteiger partial charge in [-0.2, -0.15) is 0 Å². The number of carbonyl (C=O) groups excluding carboxylic acids is 1. The molecule has 0 radical (unpaired) electrons. The number of hydrogen-bond donors (Lipinski definition) is 2. The molecule has 2 N–H and O–H groups in total. The highest BCUT2D eigenvalue weighted by molar-refractivity contribution is 6.07. The van der Waals surface area contributed by atoms with Crippen LogP contribution in [0.2, 0.25) is 0 Å². The van der Waals surface area contributed by atoms with Gasteiger partial charge in [-0.05, 0) is 51.0 Å². The maximum Gasteiger partial charge on any atom is 0.225 e. The summed E-state index contributed by atoms with van der Waals surface area (Å²) < 4.78 is 0. The molecular weight excluding hydrogens is 200 g/mol. The fourth-order valence-electron chi connectivity index (χ4n) is 1.71. The SMILES string of the molecule is Cc1cc(C(=O)c2cc(C)c(C)[nH]2)[nH]c1C. The smallest absolute Gasteiger partial charge is 0.225 e. The number of aromatic nitrogens is 2. The Morgan fingerprint density at radius 1 is 0.875 bits per heavy atom. The number of H-pyrrole nitrogens is 2. The number of hydrogen-bond acceptors (Lipinski definition) is 1. The molecule has 2 aromatic heterocycles. The minimum atomic E-state index is 0.0207. The highest BCUT2D eigenvalue weighted by atomic mass is 16.1. The molecule has 0 saturated heterocycles. The second-order valence-electron chi connectivity index (χ2n) is 4.31. The summed E-state index contributed by atoms with van der Waals surface area (Å²) in [6, 6.07) is 3.78. The zero-order chi connectivity index (χ0) is 11.9. The van der Waals surface area contributed by atoms with Crippen LogP contribution in [0.3, 0.4) is 0 Å². The van der Waals surface area contributed by atoms with Crippen LogP contribution in [0, 0.1) is 27.7 Å². The summed E-state index contributed by atoms with van der Waals surface area (Å²) in [6.45, 7) is 7.93. The first-order chi connectivity index (χ1) is 7.49. The molecule has 0 unspecified atom stereocenters. The van der Waals surface area contributed by atoms with E-state index in [2.05, 4.69) is 9.97 Å². The van der Waals surface area contributed by atoms with E-state index in [-0.39, 0.29) is 5.78 Å². The van der Waals surface area contributed by atoms with E-state index in [1.807, 2.05) is 39.8 Å². The van der Waals surface area contributed by atoms with Crippen LogP contribution in [0.15, 0.2) is 12.1 Å². The summed E-state index contributed by atoms with van der Waals surface area (Å²) in [5.41, 5.74) is 5.62. The molecule has 0 spiro atoms. The van der Waals surface area contributed by atoms with E-state index < -0.39 is 0 Å². The molecule has 16 heavy (non-hydrogen) atoms. The summed E-state index contributed by atoms with van der Waals surface area (Å²) in [6.07, 6.45) is 0. The van der Waals surface area contributed by atoms with Crippen molar-refractivity contribution in [2.45, 2.75) is 27.7 Å². The Hall–Kier alpha value is -1.77. The molecule has 0 fully saturated rings.